The van der Waals surface area contributed by atoms with Crippen molar-refractivity contribution in [2.75, 3.05) is 9.80 Å². The van der Waals surface area contributed by atoms with Gasteiger partial charge in [-0.25, -0.2) is 0 Å². The van der Waals surface area contributed by atoms with Crippen LogP contribution in [0.2, 0.25) is 0 Å². The largest absolute Gasteiger partial charge is 0.454 e. The number of hydrogen-bond donors (Lipinski definition) is 0. The molecule has 23 aromatic rings. The smallest absolute Gasteiger partial charge is 0.160 e. The number of hydrogen-bond acceptors (Lipinski definition) is 4. The Hall–Kier alpha value is -16.0. The number of fused-ring (bicyclic) bond motifs is 14. The summed E-state index contributed by atoms with van der Waals surface area (Å²) in [6.07, 6.45) is 0. The molecule has 120 heavy (non-hydrogen) atoms. The van der Waals surface area contributed by atoms with Crippen LogP contribution in [0.4, 0.5) is 34.1 Å². The molecule has 0 unspecified atom stereocenters. The van der Waals surface area contributed by atoms with Crippen molar-refractivity contribution in [1.82, 2.24) is 9.13 Å². The molecular weight excluding hydrogens is 1460 g/mol. The Morgan fingerprint density at radius 1 is 0.175 bits per heavy atom. The summed E-state index contributed by atoms with van der Waals surface area (Å²) in [4.78, 5) is 4.68. The predicted octanol–water partition coefficient (Wildman–Crippen LogP) is 32.0. The summed E-state index contributed by atoms with van der Waals surface area (Å²) in [6, 6.07) is 165. The van der Waals surface area contributed by atoms with Crippen LogP contribution in [0.1, 0.15) is 0 Å². The number of anilines is 6. The Morgan fingerprint density at radius 2 is 0.400 bits per heavy atom. The van der Waals surface area contributed by atoms with Gasteiger partial charge in [-0.3, -0.25) is 0 Å². The molecule has 0 N–H and O–H groups in total. The Morgan fingerprint density at radius 3 is 0.700 bits per heavy atom. The minimum Gasteiger partial charge on any atom is -0.454 e. The highest BCUT2D eigenvalue weighted by Gasteiger charge is 2.27. The third-order valence-electron chi connectivity index (χ3n) is 23.6. The minimum atomic E-state index is 0.873. The fraction of sp³-hybridized carbons (Fsp3) is 0. The van der Waals surface area contributed by atoms with E-state index >= 15 is 0 Å². The highest BCUT2D eigenvalue weighted by atomic mass is 16.3. The van der Waals surface area contributed by atoms with Crippen molar-refractivity contribution < 1.29 is 8.83 Å². The molecule has 6 nitrogen and oxygen atoms in total. The fourth-order valence-corrected chi connectivity index (χ4v) is 17.9. The van der Waals surface area contributed by atoms with Crippen LogP contribution in [0.3, 0.4) is 0 Å². The van der Waals surface area contributed by atoms with Gasteiger partial charge in [-0.05, 0) is 211 Å². The molecule has 23 rings (SSSR count). The molecule has 4 aromatic heterocycles. The van der Waals surface area contributed by atoms with Gasteiger partial charge >= 0.3 is 0 Å². The van der Waals surface area contributed by atoms with Gasteiger partial charge in [0.15, 0.2) is 11.2 Å². The van der Waals surface area contributed by atoms with Crippen LogP contribution in [0.5, 0.6) is 0 Å². The van der Waals surface area contributed by atoms with Crippen molar-refractivity contribution in [2.45, 2.75) is 0 Å². The summed E-state index contributed by atoms with van der Waals surface area (Å²) < 4.78 is 18.5. The number of para-hydroxylation sites is 5. The van der Waals surface area contributed by atoms with Crippen LogP contribution in [-0.2, 0) is 0 Å². The molecular formula is C114H76N4O2. The highest BCUT2D eigenvalue weighted by molar-refractivity contribution is 6.28. The van der Waals surface area contributed by atoms with E-state index in [0.29, 0.717) is 0 Å². The summed E-state index contributed by atoms with van der Waals surface area (Å²) in [5.41, 5.74) is 33.2. The Balaban J connectivity index is 0.000000145. The maximum atomic E-state index is 6.94. The molecule has 4 heterocycles. The fourth-order valence-electron chi connectivity index (χ4n) is 17.9. The molecule has 0 saturated carbocycles. The third kappa shape index (κ3) is 12.7. The zero-order chi connectivity index (χ0) is 79.4. The molecule has 0 bridgehead atoms. The molecule has 0 atom stereocenters. The third-order valence-corrected chi connectivity index (χ3v) is 23.6. The van der Waals surface area contributed by atoms with E-state index in [4.69, 9.17) is 8.83 Å². The monoisotopic (exact) mass is 1530 g/mol. The van der Waals surface area contributed by atoms with Gasteiger partial charge in [0, 0.05) is 88.6 Å². The summed E-state index contributed by atoms with van der Waals surface area (Å²) in [5, 5.41) is 9.14. The Bertz CT molecular complexity index is 7490. The molecule has 0 saturated heterocycles. The molecule has 0 aliphatic rings. The van der Waals surface area contributed by atoms with E-state index in [1.165, 1.54) is 71.8 Å². The zero-order valence-corrected chi connectivity index (χ0v) is 65.5. The van der Waals surface area contributed by atoms with Crippen molar-refractivity contribution in [3.63, 3.8) is 0 Å². The number of rotatable bonds is 15. The maximum absolute atomic E-state index is 6.94. The van der Waals surface area contributed by atoms with Crippen LogP contribution in [0, 0.1) is 0 Å². The van der Waals surface area contributed by atoms with E-state index in [9.17, 15) is 0 Å². The average Bonchev–Trinajstić information content (AvgIpc) is 1.55. The molecule has 0 aliphatic heterocycles. The first kappa shape index (κ1) is 70.6. The molecule has 564 valence electrons. The van der Waals surface area contributed by atoms with Gasteiger partial charge in [0.05, 0.1) is 22.1 Å². The van der Waals surface area contributed by atoms with Crippen LogP contribution < -0.4 is 9.80 Å². The molecule has 0 amide bonds. The first-order valence-corrected chi connectivity index (χ1v) is 40.9. The van der Waals surface area contributed by atoms with E-state index in [2.05, 4.69) is 480 Å². The van der Waals surface area contributed by atoms with Crippen molar-refractivity contribution in [3.8, 4) is 89.3 Å². The van der Waals surface area contributed by atoms with Gasteiger partial charge in [-0.1, -0.05) is 328 Å². The molecule has 0 spiro atoms. The second kappa shape index (κ2) is 30.3. The lowest BCUT2D eigenvalue weighted by Gasteiger charge is -2.26. The van der Waals surface area contributed by atoms with Crippen LogP contribution in [0.15, 0.2) is 470 Å². The van der Waals surface area contributed by atoms with Gasteiger partial charge in [-0.2, -0.15) is 0 Å². The molecule has 0 fully saturated rings. The summed E-state index contributed by atoms with van der Waals surface area (Å²) in [5.74, 6) is 0. The average molecular weight is 1530 g/mol. The van der Waals surface area contributed by atoms with E-state index in [1.54, 1.807) is 0 Å². The Kier molecular flexibility index (Phi) is 17.8. The maximum Gasteiger partial charge on any atom is 0.160 e. The number of benzene rings is 19. The molecule has 19 aromatic carbocycles. The number of aromatic nitrogens is 2. The van der Waals surface area contributed by atoms with Crippen molar-refractivity contribution in [1.29, 1.82) is 0 Å². The van der Waals surface area contributed by atoms with Gasteiger partial charge < -0.3 is 27.8 Å². The zero-order valence-electron chi connectivity index (χ0n) is 65.5. The lowest BCUT2D eigenvalue weighted by Crippen LogP contribution is -2.09. The molecule has 6 heteroatoms. The highest BCUT2D eigenvalue weighted by Crippen LogP contribution is 2.50. The number of nitrogens with zero attached hydrogens (tertiary/aromatic N) is 4. The van der Waals surface area contributed by atoms with E-state index in [0.717, 1.165) is 139 Å². The SMILES string of the molecule is c1ccc(-c2ccc(N(c3ccc(-c4ccccc4)cc3)c3ccc(-c4cc5c6ccccc6n(-c6ccc(-c7ccccc7)cc6)c5c5oc6ccccc6c45)cc3)cc2)cc1.c1ccc(-c2ccc(N(c3ccc(-c4ccccc4)cc3)c3ccc(-c4cc5c6ccccc6n(-c6ccccc6)c5c5oc6ccccc6c45)cc3)cc2)cc1. The lowest BCUT2D eigenvalue weighted by atomic mass is 9.96. The lowest BCUT2D eigenvalue weighted by molar-refractivity contribution is 0.671. The first-order valence-electron chi connectivity index (χ1n) is 40.9. The molecule has 0 radical (unpaired) electrons. The van der Waals surface area contributed by atoms with E-state index < -0.39 is 0 Å². The van der Waals surface area contributed by atoms with Gasteiger partial charge in [0.2, 0.25) is 0 Å². The van der Waals surface area contributed by atoms with E-state index in [1.807, 2.05) is 0 Å². The second-order valence-corrected chi connectivity index (χ2v) is 30.6. The predicted molar refractivity (Wildman–Crippen MR) is 504 cm³/mol. The summed E-state index contributed by atoms with van der Waals surface area (Å²) in [7, 11) is 0. The Labute approximate surface area is 695 Å². The topological polar surface area (TPSA) is 42.6 Å². The van der Waals surface area contributed by atoms with Crippen LogP contribution in [-0.4, -0.2) is 9.13 Å². The van der Waals surface area contributed by atoms with Crippen molar-refractivity contribution in [3.05, 3.63) is 461 Å². The summed E-state index contributed by atoms with van der Waals surface area (Å²) >= 11 is 0. The van der Waals surface area contributed by atoms with Gasteiger partial charge in [0.1, 0.15) is 11.2 Å². The van der Waals surface area contributed by atoms with Gasteiger partial charge in [-0.15, -0.1) is 0 Å². The van der Waals surface area contributed by atoms with Crippen molar-refractivity contribution in [2.24, 2.45) is 0 Å². The standard InChI is InChI=1S/C60H40N2O.C54H36N2O/c1-4-14-41(15-5-1)44-24-32-48(33-25-44)61(49-34-26-45(27-35-49)42-16-6-2-7-17-42)50-38-30-47(31-39-50)54-40-55-52-20-10-12-22-56(52)62(51-36-28-46(29-37-51)43-18-8-3-9-19-43)59(55)60-58(54)53-21-11-13-23-57(53)63-60;1-4-14-37(15-5-1)39-24-30-43(31-25-39)55(44-32-26-40(27-33-44)38-16-6-2-7-17-38)45-34-28-41(29-35-45)48-36-49-46-20-10-12-22-50(46)56(42-18-8-3-9-19-42)53(49)54-52(48)47-21-11-13-23-51(47)57-54/h1-40H;1-36H. The normalized spacial score (nSPS) is 11.5. The van der Waals surface area contributed by atoms with Crippen LogP contribution >= 0.6 is 0 Å². The molecule has 0 aliphatic carbocycles. The van der Waals surface area contributed by atoms with E-state index in [-0.39, 0.29) is 0 Å². The first-order chi connectivity index (χ1) is 59.5. The minimum absolute atomic E-state index is 0.873. The number of furan rings is 2. The quantitative estimate of drug-likeness (QED) is 0.103. The second-order valence-electron chi connectivity index (χ2n) is 30.6. The summed E-state index contributed by atoms with van der Waals surface area (Å²) in [6.45, 7) is 0. The van der Waals surface area contributed by atoms with Crippen molar-refractivity contribution >= 4 is 122 Å². The van der Waals surface area contributed by atoms with Crippen LogP contribution in [0.25, 0.3) is 177 Å². The van der Waals surface area contributed by atoms with Gasteiger partial charge in [0.25, 0.3) is 0 Å².